The number of carbonyl (C=O) groups is 1. The van der Waals surface area contributed by atoms with E-state index in [4.69, 9.17) is 0 Å². The topological polar surface area (TPSA) is 42.3 Å². The fourth-order valence-corrected chi connectivity index (χ4v) is 2.51. The van der Waals surface area contributed by atoms with Gasteiger partial charge in [0.1, 0.15) is 0 Å². The van der Waals surface area contributed by atoms with Gasteiger partial charge in [0.05, 0.1) is 5.56 Å². The van der Waals surface area contributed by atoms with Crippen LogP contribution in [0.25, 0.3) is 5.69 Å². The molecular weight excluding hydrogens is 252 g/mol. The van der Waals surface area contributed by atoms with Crippen molar-refractivity contribution >= 4 is 5.91 Å². The average molecular weight is 268 g/mol. The molecular formula is C16H16N2O2. The maximum atomic E-state index is 12.4. The number of rotatable bonds is 2. The lowest BCUT2D eigenvalue weighted by molar-refractivity contribution is 0.0792. The predicted molar refractivity (Wildman–Crippen MR) is 77.2 cm³/mol. The summed E-state index contributed by atoms with van der Waals surface area (Å²) in [6, 6.07) is 12.4. The molecule has 4 heteroatoms. The summed E-state index contributed by atoms with van der Waals surface area (Å²) < 4.78 is 1.52. The van der Waals surface area contributed by atoms with Crippen LogP contribution in [0.15, 0.2) is 53.5 Å². The highest BCUT2D eigenvalue weighted by atomic mass is 16.2. The SMILES string of the molecule is O=C(c1ccc(=O)n(-c2ccccc2)c1)N1CCCC1. The quantitative estimate of drug-likeness (QED) is 0.836. The zero-order valence-electron chi connectivity index (χ0n) is 11.2. The van der Waals surface area contributed by atoms with Gasteiger partial charge in [0.15, 0.2) is 0 Å². The third kappa shape index (κ3) is 2.37. The predicted octanol–water partition coefficient (Wildman–Crippen LogP) is 2.07. The van der Waals surface area contributed by atoms with Gasteiger partial charge in [-0.3, -0.25) is 14.2 Å². The van der Waals surface area contributed by atoms with Crippen molar-refractivity contribution in [1.82, 2.24) is 9.47 Å². The second-order valence-corrected chi connectivity index (χ2v) is 4.96. The molecule has 0 atom stereocenters. The standard InChI is InChI=1S/C16H16N2O2/c19-15-9-8-13(16(20)17-10-4-5-11-17)12-18(15)14-6-2-1-3-7-14/h1-3,6-9,12H,4-5,10-11H2. The molecule has 1 saturated heterocycles. The Bertz CT molecular complexity index is 670. The molecule has 0 bridgehead atoms. The van der Waals surface area contributed by atoms with Crippen molar-refractivity contribution in [3.8, 4) is 5.69 Å². The first kappa shape index (κ1) is 12.7. The summed E-state index contributed by atoms with van der Waals surface area (Å²) in [7, 11) is 0. The summed E-state index contributed by atoms with van der Waals surface area (Å²) in [5.74, 6) is 0.00665. The second kappa shape index (κ2) is 5.33. The Morgan fingerprint density at radius 1 is 0.950 bits per heavy atom. The number of carbonyl (C=O) groups excluding carboxylic acids is 1. The Hall–Kier alpha value is -2.36. The third-order valence-corrected chi connectivity index (χ3v) is 3.59. The Morgan fingerprint density at radius 3 is 2.35 bits per heavy atom. The van der Waals surface area contributed by atoms with Crippen LogP contribution in [-0.4, -0.2) is 28.5 Å². The van der Waals surface area contributed by atoms with Crippen molar-refractivity contribution in [2.75, 3.05) is 13.1 Å². The first-order valence-corrected chi connectivity index (χ1v) is 6.83. The van der Waals surface area contributed by atoms with Crippen LogP contribution < -0.4 is 5.56 Å². The van der Waals surface area contributed by atoms with E-state index in [1.165, 1.54) is 10.6 Å². The highest BCUT2D eigenvalue weighted by Crippen LogP contribution is 2.13. The number of para-hydroxylation sites is 1. The van der Waals surface area contributed by atoms with E-state index in [0.29, 0.717) is 5.56 Å². The average Bonchev–Trinajstić information content (AvgIpc) is 3.02. The van der Waals surface area contributed by atoms with Crippen LogP contribution in [-0.2, 0) is 0 Å². The molecule has 1 aliphatic heterocycles. The van der Waals surface area contributed by atoms with E-state index in [1.54, 1.807) is 12.3 Å². The van der Waals surface area contributed by atoms with E-state index in [-0.39, 0.29) is 11.5 Å². The molecule has 0 N–H and O–H groups in total. The largest absolute Gasteiger partial charge is 0.339 e. The summed E-state index contributed by atoms with van der Waals surface area (Å²) in [4.78, 5) is 26.1. The zero-order chi connectivity index (χ0) is 13.9. The maximum Gasteiger partial charge on any atom is 0.255 e. The fourth-order valence-electron chi connectivity index (χ4n) is 2.51. The molecule has 1 amide bonds. The van der Waals surface area contributed by atoms with E-state index >= 15 is 0 Å². The fraction of sp³-hybridized carbons (Fsp3) is 0.250. The van der Waals surface area contributed by atoms with Gasteiger partial charge in [0.2, 0.25) is 0 Å². The molecule has 2 heterocycles. The number of hydrogen-bond donors (Lipinski definition) is 0. The van der Waals surface area contributed by atoms with E-state index < -0.39 is 0 Å². The summed E-state index contributed by atoms with van der Waals surface area (Å²) in [6.07, 6.45) is 3.76. The zero-order valence-corrected chi connectivity index (χ0v) is 11.2. The van der Waals surface area contributed by atoms with Gasteiger partial charge in [-0.05, 0) is 31.0 Å². The Labute approximate surface area is 117 Å². The monoisotopic (exact) mass is 268 g/mol. The highest BCUT2D eigenvalue weighted by molar-refractivity contribution is 5.94. The number of benzene rings is 1. The highest BCUT2D eigenvalue weighted by Gasteiger charge is 2.20. The van der Waals surface area contributed by atoms with Crippen molar-refractivity contribution in [2.45, 2.75) is 12.8 Å². The summed E-state index contributed by atoms with van der Waals surface area (Å²) in [5, 5.41) is 0. The minimum Gasteiger partial charge on any atom is -0.339 e. The molecule has 102 valence electrons. The van der Waals surface area contributed by atoms with Crippen molar-refractivity contribution in [2.24, 2.45) is 0 Å². The first-order valence-electron chi connectivity index (χ1n) is 6.83. The Balaban J connectivity index is 1.98. The molecule has 0 unspecified atom stereocenters. The molecule has 0 radical (unpaired) electrons. The molecule has 3 rings (SSSR count). The van der Waals surface area contributed by atoms with Crippen LogP contribution in [0, 0.1) is 0 Å². The molecule has 0 aliphatic carbocycles. The molecule has 0 saturated carbocycles. The van der Waals surface area contributed by atoms with Crippen molar-refractivity contribution < 1.29 is 4.79 Å². The molecule has 1 aromatic carbocycles. The van der Waals surface area contributed by atoms with Gasteiger partial charge in [-0.15, -0.1) is 0 Å². The minimum absolute atomic E-state index is 0.00665. The summed E-state index contributed by atoms with van der Waals surface area (Å²) in [5.41, 5.74) is 1.21. The number of likely N-dealkylation sites (tertiary alicyclic amines) is 1. The maximum absolute atomic E-state index is 12.4. The number of amides is 1. The molecule has 1 aliphatic rings. The molecule has 2 aromatic rings. The molecule has 20 heavy (non-hydrogen) atoms. The third-order valence-electron chi connectivity index (χ3n) is 3.59. The van der Waals surface area contributed by atoms with Crippen molar-refractivity contribution in [1.29, 1.82) is 0 Å². The lowest BCUT2D eigenvalue weighted by atomic mass is 10.2. The van der Waals surface area contributed by atoms with E-state index in [9.17, 15) is 9.59 Å². The second-order valence-electron chi connectivity index (χ2n) is 4.96. The van der Waals surface area contributed by atoms with Crippen molar-refractivity contribution in [3.05, 3.63) is 64.6 Å². The molecule has 1 fully saturated rings. The smallest absolute Gasteiger partial charge is 0.255 e. The van der Waals surface area contributed by atoms with E-state index in [0.717, 1.165) is 31.6 Å². The first-order chi connectivity index (χ1) is 9.75. The summed E-state index contributed by atoms with van der Waals surface area (Å²) in [6.45, 7) is 1.62. The van der Waals surface area contributed by atoms with Crippen LogP contribution in [0.1, 0.15) is 23.2 Å². The van der Waals surface area contributed by atoms with Crippen LogP contribution >= 0.6 is 0 Å². The van der Waals surface area contributed by atoms with Gasteiger partial charge in [0.25, 0.3) is 11.5 Å². The van der Waals surface area contributed by atoms with Gasteiger partial charge in [-0.1, -0.05) is 18.2 Å². The van der Waals surface area contributed by atoms with Crippen LogP contribution in [0.5, 0.6) is 0 Å². The lowest BCUT2D eigenvalue weighted by Crippen LogP contribution is -2.29. The number of aromatic nitrogens is 1. The molecule has 4 nitrogen and oxygen atoms in total. The minimum atomic E-state index is -0.130. The Morgan fingerprint density at radius 2 is 1.65 bits per heavy atom. The van der Waals surface area contributed by atoms with Gasteiger partial charge < -0.3 is 4.90 Å². The normalized spacial score (nSPS) is 14.5. The lowest BCUT2D eigenvalue weighted by Gasteiger charge is -2.16. The molecule has 1 aromatic heterocycles. The van der Waals surface area contributed by atoms with Gasteiger partial charge >= 0.3 is 0 Å². The van der Waals surface area contributed by atoms with Crippen LogP contribution in [0.2, 0.25) is 0 Å². The van der Waals surface area contributed by atoms with Crippen LogP contribution in [0.4, 0.5) is 0 Å². The Kier molecular flexibility index (Phi) is 3.37. The van der Waals surface area contributed by atoms with E-state index in [2.05, 4.69) is 0 Å². The van der Waals surface area contributed by atoms with Gasteiger partial charge in [0, 0.05) is 31.0 Å². The summed E-state index contributed by atoms with van der Waals surface area (Å²) >= 11 is 0. The van der Waals surface area contributed by atoms with Crippen molar-refractivity contribution in [3.63, 3.8) is 0 Å². The van der Waals surface area contributed by atoms with Crippen LogP contribution in [0.3, 0.4) is 0 Å². The number of hydrogen-bond acceptors (Lipinski definition) is 2. The molecule has 0 spiro atoms. The van der Waals surface area contributed by atoms with Gasteiger partial charge in [-0.25, -0.2) is 0 Å². The number of pyridine rings is 1. The van der Waals surface area contributed by atoms with Gasteiger partial charge in [-0.2, -0.15) is 0 Å². The number of nitrogens with zero attached hydrogens (tertiary/aromatic N) is 2. The van der Waals surface area contributed by atoms with E-state index in [1.807, 2.05) is 35.2 Å².